The maximum atomic E-state index is 12.8. The average Bonchev–Trinajstić information content (AvgIpc) is 3.03. The second kappa shape index (κ2) is 8.54. The Bertz CT molecular complexity index is 651. The molecule has 28 heavy (non-hydrogen) atoms. The van der Waals surface area contributed by atoms with Crippen molar-refractivity contribution in [3.63, 3.8) is 0 Å². The predicted molar refractivity (Wildman–Crippen MR) is 114 cm³/mol. The third-order valence-electron chi connectivity index (χ3n) is 7.49. The van der Waals surface area contributed by atoms with Gasteiger partial charge in [0.15, 0.2) is 0 Å². The lowest BCUT2D eigenvalue weighted by atomic mass is 9.77. The van der Waals surface area contributed by atoms with Gasteiger partial charge in [-0.15, -0.1) is 0 Å². The minimum atomic E-state index is -0.248. The van der Waals surface area contributed by atoms with E-state index in [1.807, 2.05) is 0 Å². The Hall–Kier alpha value is -1.39. The molecule has 1 aliphatic carbocycles. The van der Waals surface area contributed by atoms with E-state index in [0.717, 1.165) is 39.1 Å². The van der Waals surface area contributed by atoms with Crippen molar-refractivity contribution < 1.29 is 4.79 Å². The van der Waals surface area contributed by atoms with Crippen LogP contribution in [0, 0.1) is 5.92 Å². The molecular weight excluding hydrogens is 346 g/mol. The molecule has 2 saturated heterocycles. The van der Waals surface area contributed by atoms with Crippen molar-refractivity contribution in [1.29, 1.82) is 0 Å². The lowest BCUT2D eigenvalue weighted by Crippen LogP contribution is -2.58. The van der Waals surface area contributed by atoms with Crippen LogP contribution in [0.2, 0.25) is 0 Å². The molecule has 3 fully saturated rings. The first-order chi connectivity index (χ1) is 13.6. The van der Waals surface area contributed by atoms with Gasteiger partial charge in [-0.05, 0) is 49.5 Å². The molecule has 3 aliphatic rings. The maximum Gasteiger partial charge on any atom is 0.241 e. The van der Waals surface area contributed by atoms with Gasteiger partial charge in [-0.1, -0.05) is 57.0 Å². The van der Waals surface area contributed by atoms with E-state index in [2.05, 4.69) is 59.3 Å². The van der Waals surface area contributed by atoms with Crippen LogP contribution in [0.3, 0.4) is 0 Å². The molecule has 0 aromatic heterocycles. The van der Waals surface area contributed by atoms with E-state index >= 15 is 0 Å². The molecule has 154 valence electrons. The van der Waals surface area contributed by atoms with Gasteiger partial charge in [-0.2, -0.15) is 0 Å². The molecule has 1 aromatic carbocycles. The molecule has 2 atom stereocenters. The first kappa shape index (κ1) is 19.9. The number of nitrogens with one attached hydrogen (secondary N) is 1. The first-order valence-corrected chi connectivity index (χ1v) is 11.4. The van der Waals surface area contributed by atoms with Gasteiger partial charge in [-0.3, -0.25) is 14.6 Å². The van der Waals surface area contributed by atoms with Gasteiger partial charge in [0.1, 0.15) is 5.54 Å². The summed E-state index contributed by atoms with van der Waals surface area (Å²) in [6, 6.07) is 11.8. The van der Waals surface area contributed by atoms with Gasteiger partial charge in [-0.25, -0.2) is 0 Å². The van der Waals surface area contributed by atoms with Gasteiger partial charge in [0.05, 0.1) is 6.67 Å². The van der Waals surface area contributed by atoms with Gasteiger partial charge in [0.25, 0.3) is 0 Å². The Morgan fingerprint density at radius 1 is 1.11 bits per heavy atom. The molecule has 1 spiro atoms. The number of hydrogen-bond donors (Lipinski definition) is 1. The number of piperidine rings is 1. The zero-order chi connectivity index (χ0) is 19.6. The highest BCUT2D eigenvalue weighted by molar-refractivity contribution is 5.88. The fourth-order valence-electron chi connectivity index (χ4n) is 5.74. The third kappa shape index (κ3) is 3.86. The number of amides is 1. The number of likely N-dealkylation sites (tertiary alicyclic amines) is 1. The number of hydrogen-bond acceptors (Lipinski definition) is 3. The zero-order valence-electron chi connectivity index (χ0n) is 17.7. The number of benzene rings is 1. The second-order valence-corrected chi connectivity index (χ2v) is 9.55. The van der Waals surface area contributed by atoms with E-state index in [9.17, 15) is 4.79 Å². The topological polar surface area (TPSA) is 35.6 Å². The standard InChI is InChI=1S/C24H37N3O/c1-19(2)12-15-27-18-25-23(28)24(27)13-16-26(17-14-24)22-11-7-6-10-21(22)20-8-4-3-5-9-20/h3-5,8-9,19,21-22H,6-7,10-18H2,1-2H3,(H,25,28)/t21-,22-/m1/s1. The molecule has 1 amide bonds. The Balaban J connectivity index is 1.44. The van der Waals surface area contributed by atoms with E-state index in [4.69, 9.17) is 0 Å². The van der Waals surface area contributed by atoms with Crippen LogP contribution < -0.4 is 5.32 Å². The predicted octanol–water partition coefficient (Wildman–Crippen LogP) is 3.98. The van der Waals surface area contributed by atoms with Crippen molar-refractivity contribution in [2.75, 3.05) is 26.3 Å². The van der Waals surface area contributed by atoms with Crippen LogP contribution in [0.5, 0.6) is 0 Å². The van der Waals surface area contributed by atoms with Crippen LogP contribution in [0.4, 0.5) is 0 Å². The molecule has 2 aliphatic heterocycles. The molecule has 4 heteroatoms. The monoisotopic (exact) mass is 383 g/mol. The minimum absolute atomic E-state index is 0.248. The highest BCUT2D eigenvalue weighted by Crippen LogP contribution is 2.40. The van der Waals surface area contributed by atoms with Gasteiger partial charge in [0, 0.05) is 25.7 Å². The van der Waals surface area contributed by atoms with Crippen LogP contribution in [-0.2, 0) is 4.79 Å². The lowest BCUT2D eigenvalue weighted by Gasteiger charge is -2.48. The summed E-state index contributed by atoms with van der Waals surface area (Å²) in [4.78, 5) is 18.0. The fraction of sp³-hybridized carbons (Fsp3) is 0.708. The van der Waals surface area contributed by atoms with Crippen molar-refractivity contribution >= 4 is 5.91 Å². The second-order valence-electron chi connectivity index (χ2n) is 9.55. The Kier molecular flexibility index (Phi) is 6.07. The molecule has 1 aromatic rings. The van der Waals surface area contributed by atoms with Crippen LogP contribution in [0.25, 0.3) is 0 Å². The highest BCUT2D eigenvalue weighted by Gasteiger charge is 2.50. The normalized spacial score (nSPS) is 28.8. The summed E-state index contributed by atoms with van der Waals surface area (Å²) in [6.45, 7) is 8.42. The molecule has 0 unspecified atom stereocenters. The molecular formula is C24H37N3O. The van der Waals surface area contributed by atoms with Crippen molar-refractivity contribution in [3.05, 3.63) is 35.9 Å². The van der Waals surface area contributed by atoms with Gasteiger partial charge < -0.3 is 5.32 Å². The number of carbonyl (C=O) groups excluding carboxylic acids is 1. The summed E-state index contributed by atoms with van der Waals surface area (Å²) in [5.74, 6) is 1.61. The van der Waals surface area contributed by atoms with Crippen LogP contribution in [0.1, 0.15) is 70.3 Å². The summed E-state index contributed by atoms with van der Waals surface area (Å²) < 4.78 is 0. The zero-order valence-corrected chi connectivity index (χ0v) is 17.7. The molecule has 4 rings (SSSR count). The Morgan fingerprint density at radius 2 is 1.82 bits per heavy atom. The van der Waals surface area contributed by atoms with E-state index < -0.39 is 0 Å². The van der Waals surface area contributed by atoms with Crippen molar-refractivity contribution in [2.45, 2.75) is 76.3 Å². The third-order valence-corrected chi connectivity index (χ3v) is 7.49. The molecule has 1 N–H and O–H groups in total. The summed E-state index contributed by atoms with van der Waals surface area (Å²) in [6.07, 6.45) is 8.42. The molecule has 2 heterocycles. The van der Waals surface area contributed by atoms with Crippen molar-refractivity contribution in [3.8, 4) is 0 Å². The first-order valence-electron chi connectivity index (χ1n) is 11.4. The van der Waals surface area contributed by atoms with Crippen LogP contribution >= 0.6 is 0 Å². The number of nitrogens with zero attached hydrogens (tertiary/aromatic N) is 2. The smallest absolute Gasteiger partial charge is 0.241 e. The maximum absolute atomic E-state index is 12.8. The van der Waals surface area contributed by atoms with E-state index in [0.29, 0.717) is 17.9 Å². The lowest BCUT2D eigenvalue weighted by molar-refractivity contribution is -0.129. The summed E-state index contributed by atoms with van der Waals surface area (Å²) in [5, 5.41) is 3.15. The summed E-state index contributed by atoms with van der Waals surface area (Å²) in [5.41, 5.74) is 1.26. The molecule has 1 saturated carbocycles. The Morgan fingerprint density at radius 3 is 2.54 bits per heavy atom. The number of rotatable bonds is 5. The molecule has 4 nitrogen and oxygen atoms in total. The average molecular weight is 384 g/mol. The number of carbonyl (C=O) groups is 1. The Labute approximate surface area is 170 Å². The van der Waals surface area contributed by atoms with Crippen LogP contribution in [-0.4, -0.2) is 53.6 Å². The van der Waals surface area contributed by atoms with Crippen molar-refractivity contribution in [1.82, 2.24) is 15.1 Å². The van der Waals surface area contributed by atoms with Crippen LogP contribution in [0.15, 0.2) is 30.3 Å². The highest BCUT2D eigenvalue weighted by atomic mass is 16.2. The SMILES string of the molecule is CC(C)CCN1CNC(=O)C12CCN([C@@H]1CCCC[C@@H]1c1ccccc1)CC2. The molecule has 0 bridgehead atoms. The van der Waals surface area contributed by atoms with Gasteiger partial charge >= 0.3 is 0 Å². The van der Waals surface area contributed by atoms with E-state index in [1.165, 1.54) is 37.7 Å². The fourth-order valence-corrected chi connectivity index (χ4v) is 5.74. The minimum Gasteiger partial charge on any atom is -0.342 e. The van der Waals surface area contributed by atoms with Gasteiger partial charge in [0.2, 0.25) is 5.91 Å². The van der Waals surface area contributed by atoms with E-state index in [-0.39, 0.29) is 11.4 Å². The quantitative estimate of drug-likeness (QED) is 0.835. The molecule has 0 radical (unpaired) electrons. The van der Waals surface area contributed by atoms with Crippen molar-refractivity contribution in [2.24, 2.45) is 5.92 Å². The largest absolute Gasteiger partial charge is 0.342 e. The summed E-state index contributed by atoms with van der Waals surface area (Å²) >= 11 is 0. The summed E-state index contributed by atoms with van der Waals surface area (Å²) in [7, 11) is 0. The van der Waals surface area contributed by atoms with E-state index in [1.54, 1.807) is 0 Å².